The molecule has 3 aromatic rings. The summed E-state index contributed by atoms with van der Waals surface area (Å²) in [6.07, 6.45) is 5.26. The van der Waals surface area contributed by atoms with Gasteiger partial charge in [-0.05, 0) is 30.3 Å². The molecule has 2 aromatic heterocycles. The third-order valence-electron chi connectivity index (χ3n) is 3.54. The second-order valence-corrected chi connectivity index (χ2v) is 4.97. The Hall–Kier alpha value is -3.08. The minimum absolute atomic E-state index is 0.148. The lowest BCUT2D eigenvalue weighted by atomic mass is 10.2. The topological polar surface area (TPSA) is 56.1 Å². The maximum atomic E-state index is 12.5. The zero-order valence-corrected chi connectivity index (χ0v) is 12.8. The fourth-order valence-corrected chi connectivity index (χ4v) is 2.40. The molecule has 0 aliphatic carbocycles. The SMILES string of the molecule is COc1ccccc1CNC(=O)c1cccn1-c1cccnc1. The minimum atomic E-state index is -0.148. The molecule has 0 saturated heterocycles. The number of hydrogen-bond acceptors (Lipinski definition) is 3. The molecule has 0 aliphatic heterocycles. The van der Waals surface area contributed by atoms with Crippen molar-refractivity contribution in [2.24, 2.45) is 0 Å². The van der Waals surface area contributed by atoms with Crippen LogP contribution in [-0.2, 0) is 6.54 Å². The molecule has 0 atom stereocenters. The number of benzene rings is 1. The van der Waals surface area contributed by atoms with Crippen molar-refractivity contribution in [3.05, 3.63) is 78.4 Å². The number of carbonyl (C=O) groups excluding carboxylic acids is 1. The molecule has 0 bridgehead atoms. The molecular weight excluding hydrogens is 290 g/mol. The largest absolute Gasteiger partial charge is 0.496 e. The number of nitrogens with zero attached hydrogens (tertiary/aromatic N) is 2. The zero-order chi connectivity index (χ0) is 16.1. The van der Waals surface area contributed by atoms with Gasteiger partial charge in [-0.3, -0.25) is 9.78 Å². The number of aromatic nitrogens is 2. The molecule has 1 aromatic carbocycles. The van der Waals surface area contributed by atoms with E-state index in [2.05, 4.69) is 10.3 Å². The molecule has 1 amide bonds. The Morgan fingerprint density at radius 2 is 2.04 bits per heavy atom. The number of rotatable bonds is 5. The van der Waals surface area contributed by atoms with Gasteiger partial charge in [0.2, 0.25) is 0 Å². The van der Waals surface area contributed by atoms with Crippen LogP contribution < -0.4 is 10.1 Å². The monoisotopic (exact) mass is 307 g/mol. The van der Waals surface area contributed by atoms with E-state index in [1.807, 2.05) is 53.2 Å². The normalized spacial score (nSPS) is 10.3. The Morgan fingerprint density at radius 1 is 1.17 bits per heavy atom. The molecule has 2 heterocycles. The van der Waals surface area contributed by atoms with Gasteiger partial charge in [0.15, 0.2) is 0 Å². The van der Waals surface area contributed by atoms with Gasteiger partial charge in [-0.25, -0.2) is 0 Å². The predicted molar refractivity (Wildman–Crippen MR) is 87.7 cm³/mol. The van der Waals surface area contributed by atoms with Gasteiger partial charge in [-0.2, -0.15) is 0 Å². The van der Waals surface area contributed by atoms with Crippen molar-refractivity contribution in [2.45, 2.75) is 6.54 Å². The van der Waals surface area contributed by atoms with Crippen molar-refractivity contribution in [1.29, 1.82) is 0 Å². The molecule has 5 nitrogen and oxygen atoms in total. The van der Waals surface area contributed by atoms with Crippen LogP contribution in [0.3, 0.4) is 0 Å². The number of nitrogens with one attached hydrogen (secondary N) is 1. The lowest BCUT2D eigenvalue weighted by Crippen LogP contribution is -2.25. The van der Waals surface area contributed by atoms with E-state index in [0.717, 1.165) is 17.0 Å². The molecule has 0 radical (unpaired) electrons. The molecule has 0 fully saturated rings. The number of amides is 1. The van der Waals surface area contributed by atoms with Crippen LogP contribution in [0.15, 0.2) is 67.1 Å². The number of pyridine rings is 1. The summed E-state index contributed by atoms with van der Waals surface area (Å²) in [6, 6.07) is 15.0. The first-order chi connectivity index (χ1) is 11.3. The lowest BCUT2D eigenvalue weighted by molar-refractivity contribution is 0.0944. The highest BCUT2D eigenvalue weighted by Gasteiger charge is 2.12. The third kappa shape index (κ3) is 3.23. The third-order valence-corrected chi connectivity index (χ3v) is 3.54. The lowest BCUT2D eigenvalue weighted by Gasteiger charge is -2.11. The molecule has 0 unspecified atom stereocenters. The summed E-state index contributed by atoms with van der Waals surface area (Å²) in [5.74, 6) is 0.611. The van der Waals surface area contributed by atoms with Crippen LogP contribution in [0.2, 0.25) is 0 Å². The van der Waals surface area contributed by atoms with Crippen LogP contribution in [0.4, 0.5) is 0 Å². The average Bonchev–Trinajstić information content (AvgIpc) is 3.10. The summed E-state index contributed by atoms with van der Waals surface area (Å²) in [4.78, 5) is 16.6. The van der Waals surface area contributed by atoms with Gasteiger partial charge >= 0.3 is 0 Å². The molecule has 5 heteroatoms. The van der Waals surface area contributed by atoms with Gasteiger partial charge in [0, 0.05) is 24.5 Å². The smallest absolute Gasteiger partial charge is 0.268 e. The van der Waals surface area contributed by atoms with E-state index in [1.165, 1.54) is 0 Å². The Balaban J connectivity index is 1.76. The van der Waals surface area contributed by atoms with Crippen molar-refractivity contribution < 1.29 is 9.53 Å². The minimum Gasteiger partial charge on any atom is -0.496 e. The first-order valence-corrected chi connectivity index (χ1v) is 7.27. The van der Waals surface area contributed by atoms with Crippen LogP contribution in [-0.4, -0.2) is 22.6 Å². The maximum Gasteiger partial charge on any atom is 0.268 e. The highest BCUT2D eigenvalue weighted by molar-refractivity contribution is 5.93. The fraction of sp³-hybridized carbons (Fsp3) is 0.111. The van der Waals surface area contributed by atoms with E-state index in [0.29, 0.717) is 12.2 Å². The van der Waals surface area contributed by atoms with Crippen LogP contribution >= 0.6 is 0 Å². The van der Waals surface area contributed by atoms with Crippen molar-refractivity contribution in [3.63, 3.8) is 0 Å². The molecule has 116 valence electrons. The first kappa shape index (κ1) is 14.8. The fourth-order valence-electron chi connectivity index (χ4n) is 2.40. The predicted octanol–water partition coefficient (Wildman–Crippen LogP) is 2.81. The van der Waals surface area contributed by atoms with Crippen molar-refractivity contribution in [2.75, 3.05) is 7.11 Å². The highest BCUT2D eigenvalue weighted by atomic mass is 16.5. The number of methoxy groups -OCH3 is 1. The van der Waals surface area contributed by atoms with Crippen molar-refractivity contribution in [3.8, 4) is 11.4 Å². The Morgan fingerprint density at radius 3 is 2.83 bits per heavy atom. The van der Waals surface area contributed by atoms with Crippen LogP contribution in [0.1, 0.15) is 16.1 Å². The summed E-state index contributed by atoms with van der Waals surface area (Å²) in [6.45, 7) is 0.404. The Kier molecular flexibility index (Phi) is 4.38. The first-order valence-electron chi connectivity index (χ1n) is 7.27. The number of ether oxygens (including phenoxy) is 1. The van der Waals surface area contributed by atoms with E-state index in [1.54, 1.807) is 25.6 Å². The summed E-state index contributed by atoms with van der Waals surface area (Å²) in [5.41, 5.74) is 2.34. The summed E-state index contributed by atoms with van der Waals surface area (Å²) >= 11 is 0. The average molecular weight is 307 g/mol. The molecule has 0 saturated carbocycles. The Bertz CT molecular complexity index is 797. The van der Waals surface area contributed by atoms with E-state index in [4.69, 9.17) is 4.74 Å². The summed E-state index contributed by atoms with van der Waals surface area (Å²) in [7, 11) is 1.62. The summed E-state index contributed by atoms with van der Waals surface area (Å²) in [5, 5.41) is 2.93. The van der Waals surface area contributed by atoms with Gasteiger partial charge in [0.05, 0.1) is 19.0 Å². The van der Waals surface area contributed by atoms with Gasteiger partial charge in [-0.1, -0.05) is 18.2 Å². The molecule has 0 spiro atoms. The number of carbonyl (C=O) groups is 1. The second kappa shape index (κ2) is 6.79. The van der Waals surface area contributed by atoms with Crippen molar-refractivity contribution in [1.82, 2.24) is 14.9 Å². The van der Waals surface area contributed by atoms with Gasteiger partial charge in [0.25, 0.3) is 5.91 Å². The van der Waals surface area contributed by atoms with E-state index in [9.17, 15) is 4.79 Å². The van der Waals surface area contributed by atoms with Crippen molar-refractivity contribution >= 4 is 5.91 Å². The Labute approximate surface area is 134 Å². The quantitative estimate of drug-likeness (QED) is 0.788. The van der Waals surface area contributed by atoms with Crippen LogP contribution in [0, 0.1) is 0 Å². The highest BCUT2D eigenvalue weighted by Crippen LogP contribution is 2.17. The zero-order valence-electron chi connectivity index (χ0n) is 12.8. The molecular formula is C18H17N3O2. The van der Waals surface area contributed by atoms with Crippen LogP contribution in [0.25, 0.3) is 5.69 Å². The maximum absolute atomic E-state index is 12.5. The van der Waals surface area contributed by atoms with E-state index < -0.39 is 0 Å². The molecule has 1 N–H and O–H groups in total. The summed E-state index contributed by atoms with van der Waals surface area (Å²) < 4.78 is 7.11. The number of hydrogen-bond donors (Lipinski definition) is 1. The molecule has 3 rings (SSSR count). The second-order valence-electron chi connectivity index (χ2n) is 4.97. The molecule has 0 aliphatic rings. The van der Waals surface area contributed by atoms with Gasteiger partial charge < -0.3 is 14.6 Å². The van der Waals surface area contributed by atoms with Gasteiger partial charge in [0.1, 0.15) is 11.4 Å². The van der Waals surface area contributed by atoms with E-state index >= 15 is 0 Å². The van der Waals surface area contributed by atoms with E-state index in [-0.39, 0.29) is 5.91 Å². The van der Waals surface area contributed by atoms with Crippen LogP contribution in [0.5, 0.6) is 5.75 Å². The molecule has 23 heavy (non-hydrogen) atoms. The van der Waals surface area contributed by atoms with Gasteiger partial charge in [-0.15, -0.1) is 0 Å². The standard InChI is InChI=1S/C18H17N3O2/c1-23-17-9-3-2-6-14(17)12-20-18(22)16-8-5-11-21(16)15-7-4-10-19-13-15/h2-11,13H,12H2,1H3,(H,20,22). The number of para-hydroxylation sites is 1.